The number of thiophene rings is 1. The highest BCUT2D eigenvalue weighted by Crippen LogP contribution is 2.40. The van der Waals surface area contributed by atoms with Gasteiger partial charge in [0.1, 0.15) is 0 Å². The van der Waals surface area contributed by atoms with E-state index in [1.165, 1.54) is 23.1 Å². The minimum atomic E-state index is -0.186. The number of methoxy groups -OCH3 is 1. The summed E-state index contributed by atoms with van der Waals surface area (Å²) in [4.78, 5) is 17.3. The topological polar surface area (TPSA) is 29.5 Å². The van der Waals surface area contributed by atoms with E-state index in [0.29, 0.717) is 0 Å². The lowest BCUT2D eigenvalue weighted by Gasteiger charge is -2.27. The van der Waals surface area contributed by atoms with Gasteiger partial charge in [-0.2, -0.15) is 0 Å². The summed E-state index contributed by atoms with van der Waals surface area (Å²) in [6.45, 7) is 9.34. The van der Waals surface area contributed by atoms with E-state index in [-0.39, 0.29) is 11.4 Å². The van der Waals surface area contributed by atoms with Crippen LogP contribution in [-0.4, -0.2) is 24.5 Å². The summed E-state index contributed by atoms with van der Waals surface area (Å²) in [5.41, 5.74) is 3.32. The fraction of sp³-hybridized carbons (Fsp3) is 0.450. The summed E-state index contributed by atoms with van der Waals surface area (Å²) >= 11 is 1.78. The maximum atomic E-state index is 12.4. The van der Waals surface area contributed by atoms with Crippen LogP contribution in [0.15, 0.2) is 30.3 Å². The molecule has 0 fully saturated rings. The van der Waals surface area contributed by atoms with Gasteiger partial charge in [-0.1, -0.05) is 51.1 Å². The maximum Gasteiger partial charge on any atom is 0.339 e. The molecule has 0 N–H and O–H groups in total. The molecular formula is C20H25NO2S. The van der Waals surface area contributed by atoms with Gasteiger partial charge in [-0.15, -0.1) is 11.3 Å². The largest absolute Gasteiger partial charge is 0.465 e. The van der Waals surface area contributed by atoms with E-state index >= 15 is 0 Å². The molecule has 1 aromatic heterocycles. The molecule has 128 valence electrons. The van der Waals surface area contributed by atoms with E-state index in [1.807, 2.05) is 0 Å². The number of rotatable bonds is 3. The van der Waals surface area contributed by atoms with Crippen molar-refractivity contribution >= 4 is 17.3 Å². The zero-order valence-electron chi connectivity index (χ0n) is 14.9. The monoisotopic (exact) mass is 343 g/mol. The Morgan fingerprint density at radius 2 is 1.96 bits per heavy atom. The van der Waals surface area contributed by atoms with Crippen molar-refractivity contribution in [1.29, 1.82) is 0 Å². The van der Waals surface area contributed by atoms with Crippen LogP contribution < -0.4 is 0 Å². The predicted molar refractivity (Wildman–Crippen MR) is 98.6 cm³/mol. The van der Waals surface area contributed by atoms with Crippen LogP contribution in [0.3, 0.4) is 0 Å². The van der Waals surface area contributed by atoms with E-state index in [4.69, 9.17) is 4.74 Å². The van der Waals surface area contributed by atoms with Crippen molar-refractivity contribution in [2.24, 2.45) is 0 Å². The minimum absolute atomic E-state index is 0.0458. The van der Waals surface area contributed by atoms with E-state index in [0.717, 1.165) is 36.5 Å². The molecule has 2 aromatic rings. The van der Waals surface area contributed by atoms with E-state index in [2.05, 4.69) is 56.0 Å². The fourth-order valence-electron chi connectivity index (χ4n) is 3.28. The highest BCUT2D eigenvalue weighted by molar-refractivity contribution is 7.12. The Balaban J connectivity index is 1.89. The van der Waals surface area contributed by atoms with Crippen LogP contribution in [0.2, 0.25) is 0 Å². The Morgan fingerprint density at radius 3 is 2.58 bits per heavy atom. The lowest BCUT2D eigenvalue weighted by Crippen LogP contribution is -2.30. The number of hydrogen-bond donors (Lipinski definition) is 0. The third-order valence-electron chi connectivity index (χ3n) is 4.46. The minimum Gasteiger partial charge on any atom is -0.465 e. The predicted octanol–water partition coefficient (Wildman–Crippen LogP) is 4.39. The second-order valence-electron chi connectivity index (χ2n) is 7.40. The van der Waals surface area contributed by atoms with Crippen LogP contribution in [0.25, 0.3) is 0 Å². The van der Waals surface area contributed by atoms with Gasteiger partial charge in [0.05, 0.1) is 12.7 Å². The van der Waals surface area contributed by atoms with Gasteiger partial charge in [-0.05, 0) is 23.0 Å². The number of carbonyl (C=O) groups is 1. The number of hydrogen-bond acceptors (Lipinski definition) is 4. The highest BCUT2D eigenvalue weighted by atomic mass is 32.1. The first kappa shape index (κ1) is 17.2. The molecule has 4 heteroatoms. The summed E-state index contributed by atoms with van der Waals surface area (Å²) in [5, 5.41) is 0. The first-order valence-electron chi connectivity index (χ1n) is 8.39. The lowest BCUT2D eigenvalue weighted by molar-refractivity contribution is 0.0596. The number of nitrogens with zero attached hydrogens (tertiary/aromatic N) is 1. The molecule has 3 nitrogen and oxygen atoms in total. The van der Waals surface area contributed by atoms with Crippen molar-refractivity contribution in [2.75, 3.05) is 13.7 Å². The Morgan fingerprint density at radius 1 is 1.25 bits per heavy atom. The molecule has 1 aliphatic rings. The van der Waals surface area contributed by atoms with Gasteiger partial charge in [-0.25, -0.2) is 4.79 Å². The Kier molecular flexibility index (Phi) is 4.79. The molecule has 0 amide bonds. The third kappa shape index (κ3) is 3.40. The van der Waals surface area contributed by atoms with Crippen molar-refractivity contribution in [3.8, 4) is 0 Å². The van der Waals surface area contributed by atoms with Crippen LogP contribution in [0.5, 0.6) is 0 Å². The molecular weight excluding hydrogens is 318 g/mol. The zero-order chi connectivity index (χ0) is 17.3. The molecule has 0 spiro atoms. The zero-order valence-corrected chi connectivity index (χ0v) is 15.7. The number of benzene rings is 1. The average Bonchev–Trinajstić information content (AvgIpc) is 2.94. The normalized spacial score (nSPS) is 15.2. The van der Waals surface area contributed by atoms with Gasteiger partial charge in [0.15, 0.2) is 0 Å². The van der Waals surface area contributed by atoms with Gasteiger partial charge < -0.3 is 4.74 Å². The van der Waals surface area contributed by atoms with E-state index in [9.17, 15) is 4.79 Å². The van der Waals surface area contributed by atoms with Gasteiger partial charge >= 0.3 is 5.97 Å². The number of esters is 1. The third-order valence-corrected chi connectivity index (χ3v) is 6.10. The van der Waals surface area contributed by atoms with Crippen LogP contribution in [0, 0.1) is 0 Å². The molecule has 0 unspecified atom stereocenters. The average molecular weight is 343 g/mol. The summed E-state index contributed by atoms with van der Waals surface area (Å²) in [5.74, 6) is -0.186. The highest BCUT2D eigenvalue weighted by Gasteiger charge is 2.32. The Hall–Kier alpha value is -1.65. The fourth-order valence-corrected chi connectivity index (χ4v) is 4.71. The molecule has 1 aliphatic heterocycles. The van der Waals surface area contributed by atoms with Crippen LogP contribution in [0.4, 0.5) is 0 Å². The molecule has 0 saturated heterocycles. The Bertz CT molecular complexity index is 728. The molecule has 0 radical (unpaired) electrons. The molecule has 3 rings (SSSR count). The second kappa shape index (κ2) is 6.69. The SMILES string of the molecule is COC(=O)c1c(C(C)(C)C)sc2c1CCN(Cc1ccccc1)C2. The van der Waals surface area contributed by atoms with Crippen LogP contribution in [-0.2, 0) is 29.7 Å². The van der Waals surface area contributed by atoms with Crippen molar-refractivity contribution in [3.05, 3.63) is 56.8 Å². The summed E-state index contributed by atoms with van der Waals surface area (Å²) in [7, 11) is 1.48. The van der Waals surface area contributed by atoms with Crippen molar-refractivity contribution < 1.29 is 9.53 Å². The molecule has 1 aromatic carbocycles. The quantitative estimate of drug-likeness (QED) is 0.774. The standard InChI is InChI=1S/C20H25NO2S/c1-20(2,3)18-17(19(22)23-4)15-10-11-21(13-16(15)24-18)12-14-8-6-5-7-9-14/h5-9H,10-13H2,1-4H3. The summed E-state index contributed by atoms with van der Waals surface area (Å²) in [6.07, 6.45) is 0.916. The molecule has 0 bridgehead atoms. The summed E-state index contributed by atoms with van der Waals surface area (Å²) < 4.78 is 5.07. The van der Waals surface area contributed by atoms with Crippen molar-refractivity contribution in [1.82, 2.24) is 4.90 Å². The van der Waals surface area contributed by atoms with Gasteiger partial charge in [0, 0.05) is 29.4 Å². The smallest absolute Gasteiger partial charge is 0.339 e. The molecule has 0 aliphatic carbocycles. The number of ether oxygens (including phenoxy) is 1. The number of carbonyl (C=O) groups excluding carboxylic acids is 1. The van der Waals surface area contributed by atoms with Crippen molar-refractivity contribution in [2.45, 2.75) is 45.7 Å². The van der Waals surface area contributed by atoms with Gasteiger partial charge in [-0.3, -0.25) is 4.90 Å². The lowest BCUT2D eigenvalue weighted by atomic mass is 9.89. The van der Waals surface area contributed by atoms with Gasteiger partial charge in [0.2, 0.25) is 0 Å². The molecule has 0 atom stereocenters. The molecule has 24 heavy (non-hydrogen) atoms. The first-order valence-corrected chi connectivity index (χ1v) is 9.21. The first-order chi connectivity index (χ1) is 11.4. The van der Waals surface area contributed by atoms with Crippen LogP contribution in [0.1, 0.15) is 52.0 Å². The van der Waals surface area contributed by atoms with E-state index in [1.54, 1.807) is 11.3 Å². The second-order valence-corrected chi connectivity index (χ2v) is 8.50. The van der Waals surface area contributed by atoms with E-state index < -0.39 is 0 Å². The molecule has 2 heterocycles. The number of fused-ring (bicyclic) bond motifs is 1. The maximum absolute atomic E-state index is 12.4. The van der Waals surface area contributed by atoms with Gasteiger partial charge in [0.25, 0.3) is 0 Å². The molecule has 0 saturated carbocycles. The van der Waals surface area contributed by atoms with Crippen LogP contribution >= 0.6 is 11.3 Å². The Labute approximate surface area is 148 Å². The van der Waals surface area contributed by atoms with Crippen molar-refractivity contribution in [3.63, 3.8) is 0 Å². The summed E-state index contributed by atoms with van der Waals surface area (Å²) in [6, 6.07) is 10.6.